The summed E-state index contributed by atoms with van der Waals surface area (Å²) in [5.74, 6) is 0.726. The summed E-state index contributed by atoms with van der Waals surface area (Å²) in [7, 11) is 0. The number of amides is 1. The van der Waals surface area contributed by atoms with Crippen LogP contribution in [0, 0.1) is 18.7 Å². The number of carbonyl (C=O) groups is 1. The molecule has 0 radical (unpaired) electrons. The lowest BCUT2D eigenvalue weighted by Gasteiger charge is -2.30. The van der Waals surface area contributed by atoms with Gasteiger partial charge in [0.15, 0.2) is 18.3 Å². The summed E-state index contributed by atoms with van der Waals surface area (Å²) in [6.45, 7) is 3.47. The molecule has 0 spiro atoms. The highest BCUT2D eigenvalue weighted by Gasteiger charge is 2.24. The molecule has 2 aromatic rings. The molecule has 1 amide bonds. The fourth-order valence-electron chi connectivity index (χ4n) is 4.98. The number of hydrogen-bond acceptors (Lipinski definition) is 6. The van der Waals surface area contributed by atoms with E-state index in [-0.39, 0.29) is 24.2 Å². The van der Waals surface area contributed by atoms with Gasteiger partial charge in [0.2, 0.25) is 5.91 Å². The normalized spacial score (nSPS) is 20.9. The lowest BCUT2D eigenvalue weighted by Crippen LogP contribution is -2.39. The number of oxazole rings is 1. The van der Waals surface area contributed by atoms with E-state index in [4.69, 9.17) is 9.15 Å². The molecule has 0 saturated heterocycles. The number of nitrogens with zero attached hydrogens (tertiary/aromatic N) is 3. The van der Waals surface area contributed by atoms with Crippen LogP contribution < -0.4 is 10.1 Å². The Bertz CT molecular complexity index is 992. The molecule has 0 unspecified atom stereocenters. The highest BCUT2D eigenvalue weighted by atomic mass is 19.3. The number of aryl methyl sites for hydroxylation is 1. The highest BCUT2D eigenvalue weighted by molar-refractivity contribution is 5.78. The Balaban J connectivity index is 1.17. The van der Waals surface area contributed by atoms with Gasteiger partial charge in [-0.1, -0.05) is 0 Å². The smallest absolute Gasteiger partial charge is 0.272 e. The summed E-state index contributed by atoms with van der Waals surface area (Å²) in [6, 6.07) is 1.59. The van der Waals surface area contributed by atoms with Gasteiger partial charge in [0.1, 0.15) is 5.76 Å². The number of halogens is 3. The van der Waals surface area contributed by atoms with Crippen LogP contribution in [0.1, 0.15) is 55.0 Å². The van der Waals surface area contributed by atoms with Crippen molar-refractivity contribution in [2.75, 3.05) is 26.2 Å². The van der Waals surface area contributed by atoms with Crippen molar-refractivity contribution in [1.82, 2.24) is 20.2 Å². The molecule has 0 bridgehead atoms. The molecule has 0 aromatic carbocycles. The Morgan fingerprint density at radius 1 is 1.26 bits per heavy atom. The van der Waals surface area contributed by atoms with E-state index >= 15 is 0 Å². The molecular formula is C25H33F3N4O3. The highest BCUT2D eigenvalue weighted by Crippen LogP contribution is 2.28. The van der Waals surface area contributed by atoms with Crippen LogP contribution in [0.15, 0.2) is 16.7 Å². The zero-order chi connectivity index (χ0) is 24.8. The quantitative estimate of drug-likeness (QED) is 0.570. The predicted octanol–water partition coefficient (Wildman–Crippen LogP) is 3.87. The van der Waals surface area contributed by atoms with Crippen LogP contribution >= 0.6 is 0 Å². The number of hydrogen-bond donors (Lipinski definition) is 1. The van der Waals surface area contributed by atoms with E-state index in [1.54, 1.807) is 13.1 Å². The average Bonchev–Trinajstić information content (AvgIpc) is 3.12. The van der Waals surface area contributed by atoms with E-state index in [0.717, 1.165) is 63.0 Å². The predicted molar refractivity (Wildman–Crippen MR) is 123 cm³/mol. The number of aromatic nitrogens is 2. The molecule has 1 saturated carbocycles. The average molecular weight is 495 g/mol. The standard InChI is InChI=1S/C25H33F3N4O3/c1-16-29-14-20(35-16)13-24(33)30-19-4-2-17(3-5-19)6-9-32-10-7-18-12-21(26)25(34-15-23(27)28)31-22(18)8-11-32/h12,14,17,19,23H,2-11,13,15H2,1H3,(H,30,33). The molecule has 1 aliphatic carbocycles. The molecule has 35 heavy (non-hydrogen) atoms. The number of alkyl halides is 2. The molecule has 1 fully saturated rings. The molecule has 3 heterocycles. The number of nitrogens with one attached hydrogen (secondary N) is 1. The van der Waals surface area contributed by atoms with Gasteiger partial charge in [-0.25, -0.2) is 23.1 Å². The summed E-state index contributed by atoms with van der Waals surface area (Å²) >= 11 is 0. The number of rotatable bonds is 9. The second-order valence-corrected chi connectivity index (χ2v) is 9.52. The monoisotopic (exact) mass is 494 g/mol. The molecule has 192 valence electrons. The SMILES string of the molecule is Cc1ncc(CC(=O)NC2CCC(CCN3CCc4cc(F)c(OCC(F)F)nc4CC3)CC2)o1. The second-order valence-electron chi connectivity index (χ2n) is 9.52. The maximum atomic E-state index is 14.2. The third-order valence-corrected chi connectivity index (χ3v) is 6.89. The van der Waals surface area contributed by atoms with Gasteiger partial charge in [-0.15, -0.1) is 0 Å². The van der Waals surface area contributed by atoms with Crippen molar-refractivity contribution in [3.05, 3.63) is 41.0 Å². The maximum absolute atomic E-state index is 14.2. The Morgan fingerprint density at radius 3 is 2.74 bits per heavy atom. The molecule has 7 nitrogen and oxygen atoms in total. The molecule has 0 atom stereocenters. The van der Waals surface area contributed by atoms with Gasteiger partial charge in [-0.3, -0.25) is 4.79 Å². The fourth-order valence-corrected chi connectivity index (χ4v) is 4.98. The van der Waals surface area contributed by atoms with Crippen molar-refractivity contribution < 1.29 is 27.1 Å². The third kappa shape index (κ3) is 7.43. The van der Waals surface area contributed by atoms with Crippen molar-refractivity contribution in [2.24, 2.45) is 5.92 Å². The van der Waals surface area contributed by atoms with E-state index in [1.165, 1.54) is 6.07 Å². The van der Waals surface area contributed by atoms with Crippen molar-refractivity contribution in [3.63, 3.8) is 0 Å². The van der Waals surface area contributed by atoms with Crippen LogP contribution in [0.4, 0.5) is 13.2 Å². The first-order chi connectivity index (χ1) is 16.9. The Hall–Kier alpha value is -2.62. The topological polar surface area (TPSA) is 80.5 Å². The number of pyridine rings is 1. The van der Waals surface area contributed by atoms with E-state index in [2.05, 4.69) is 20.2 Å². The first-order valence-electron chi connectivity index (χ1n) is 12.4. The lowest BCUT2D eigenvalue weighted by molar-refractivity contribution is -0.121. The van der Waals surface area contributed by atoms with Crippen LogP contribution in [0.3, 0.4) is 0 Å². The molecule has 2 aromatic heterocycles. The van der Waals surface area contributed by atoms with Crippen molar-refractivity contribution in [2.45, 2.75) is 70.8 Å². The lowest BCUT2D eigenvalue weighted by atomic mass is 9.84. The molecular weight excluding hydrogens is 461 g/mol. The molecule has 10 heteroatoms. The maximum Gasteiger partial charge on any atom is 0.272 e. The third-order valence-electron chi connectivity index (χ3n) is 6.89. The van der Waals surface area contributed by atoms with E-state index in [1.807, 2.05) is 0 Å². The Morgan fingerprint density at radius 2 is 2.03 bits per heavy atom. The molecule has 1 aliphatic heterocycles. The summed E-state index contributed by atoms with van der Waals surface area (Å²) in [5.41, 5.74) is 1.56. The summed E-state index contributed by atoms with van der Waals surface area (Å²) in [5, 5.41) is 3.12. The van der Waals surface area contributed by atoms with Gasteiger partial charge in [0.05, 0.1) is 12.6 Å². The zero-order valence-electron chi connectivity index (χ0n) is 20.1. The largest absolute Gasteiger partial charge is 0.470 e. The summed E-state index contributed by atoms with van der Waals surface area (Å²) in [4.78, 5) is 22.8. The zero-order valence-corrected chi connectivity index (χ0v) is 20.1. The van der Waals surface area contributed by atoms with E-state index in [0.29, 0.717) is 30.4 Å². The molecule has 4 rings (SSSR count). The minimum absolute atomic E-state index is 0.0263. The van der Waals surface area contributed by atoms with Gasteiger partial charge in [-0.2, -0.15) is 0 Å². The van der Waals surface area contributed by atoms with E-state index in [9.17, 15) is 18.0 Å². The van der Waals surface area contributed by atoms with Crippen LogP contribution in [0.2, 0.25) is 0 Å². The van der Waals surface area contributed by atoms with Crippen LogP contribution in [-0.4, -0.2) is 59.5 Å². The van der Waals surface area contributed by atoms with Crippen molar-refractivity contribution in [3.8, 4) is 5.88 Å². The van der Waals surface area contributed by atoms with Gasteiger partial charge in [-0.05, 0) is 62.6 Å². The molecule has 1 N–H and O–H groups in total. The number of fused-ring (bicyclic) bond motifs is 1. The second kappa shape index (κ2) is 11.9. The fraction of sp³-hybridized carbons (Fsp3) is 0.640. The van der Waals surface area contributed by atoms with Crippen molar-refractivity contribution in [1.29, 1.82) is 0 Å². The number of carbonyl (C=O) groups excluding carboxylic acids is 1. The van der Waals surface area contributed by atoms with Crippen LogP contribution in [0.5, 0.6) is 5.88 Å². The minimum Gasteiger partial charge on any atom is -0.470 e. The van der Waals surface area contributed by atoms with Gasteiger partial charge >= 0.3 is 0 Å². The van der Waals surface area contributed by atoms with Gasteiger partial charge in [0.25, 0.3) is 12.3 Å². The molecule has 2 aliphatic rings. The van der Waals surface area contributed by atoms with Crippen LogP contribution in [-0.2, 0) is 24.1 Å². The summed E-state index contributed by atoms with van der Waals surface area (Å²) < 4.78 is 49.2. The van der Waals surface area contributed by atoms with Crippen LogP contribution in [0.25, 0.3) is 0 Å². The minimum atomic E-state index is -2.67. The summed E-state index contributed by atoms with van der Waals surface area (Å²) in [6.07, 6.45) is 5.66. The van der Waals surface area contributed by atoms with Gasteiger partial charge < -0.3 is 19.4 Å². The number of ether oxygens (including phenoxy) is 1. The van der Waals surface area contributed by atoms with Gasteiger partial charge in [0, 0.05) is 38.2 Å². The van der Waals surface area contributed by atoms with Crippen molar-refractivity contribution >= 4 is 5.91 Å². The Labute approximate surface area is 203 Å². The first kappa shape index (κ1) is 25.5. The van der Waals surface area contributed by atoms with E-state index < -0.39 is 18.8 Å². The Kier molecular flexibility index (Phi) is 8.64. The first-order valence-corrected chi connectivity index (χ1v) is 12.4.